The monoisotopic (exact) mass is 207 g/mol. The lowest BCUT2D eigenvalue weighted by molar-refractivity contribution is -0.0634. The van der Waals surface area contributed by atoms with E-state index in [1.807, 2.05) is 13.0 Å². The fourth-order valence-electron chi connectivity index (χ4n) is 1.97. The van der Waals surface area contributed by atoms with Crippen LogP contribution >= 0.6 is 0 Å². The summed E-state index contributed by atoms with van der Waals surface area (Å²) in [6.07, 6.45) is 6.11. The molecule has 1 aromatic rings. The maximum Gasteiger partial charge on any atom is 0.107 e. The summed E-state index contributed by atoms with van der Waals surface area (Å²) in [4.78, 5) is 4.08. The van der Waals surface area contributed by atoms with Crippen molar-refractivity contribution >= 4 is 0 Å². The van der Waals surface area contributed by atoms with Crippen LogP contribution in [-0.2, 0) is 4.74 Å². The van der Waals surface area contributed by atoms with E-state index in [9.17, 15) is 5.11 Å². The molecule has 3 heteroatoms. The van der Waals surface area contributed by atoms with Gasteiger partial charge in [-0.3, -0.25) is 4.98 Å². The van der Waals surface area contributed by atoms with Crippen LogP contribution < -0.4 is 0 Å². The van der Waals surface area contributed by atoms with Crippen LogP contribution in [0.3, 0.4) is 0 Å². The summed E-state index contributed by atoms with van der Waals surface area (Å²) in [6.45, 7) is 2.74. The maximum absolute atomic E-state index is 10.1. The zero-order valence-electron chi connectivity index (χ0n) is 9.02. The van der Waals surface area contributed by atoms with Crippen LogP contribution in [0, 0.1) is 6.92 Å². The highest BCUT2D eigenvalue weighted by molar-refractivity contribution is 5.19. The zero-order valence-corrected chi connectivity index (χ0v) is 9.02. The van der Waals surface area contributed by atoms with Gasteiger partial charge in [0.15, 0.2) is 0 Å². The topological polar surface area (TPSA) is 42.4 Å². The molecule has 0 spiro atoms. The van der Waals surface area contributed by atoms with E-state index in [-0.39, 0.29) is 6.10 Å². The molecule has 0 amide bonds. The van der Waals surface area contributed by atoms with Crippen molar-refractivity contribution in [2.45, 2.75) is 38.4 Å². The van der Waals surface area contributed by atoms with Crippen molar-refractivity contribution in [2.75, 3.05) is 6.61 Å². The molecule has 2 heterocycles. The number of hydrogen-bond acceptors (Lipinski definition) is 3. The molecule has 1 N–H and O–H groups in total. The van der Waals surface area contributed by atoms with Crippen LogP contribution in [0.15, 0.2) is 18.5 Å². The lowest BCUT2D eigenvalue weighted by Gasteiger charge is -2.27. The van der Waals surface area contributed by atoms with E-state index in [0.717, 1.165) is 37.0 Å². The summed E-state index contributed by atoms with van der Waals surface area (Å²) < 4.78 is 5.56. The predicted molar refractivity (Wildman–Crippen MR) is 57.5 cm³/mol. The number of aromatic nitrogens is 1. The molecule has 1 aromatic heterocycles. The van der Waals surface area contributed by atoms with Gasteiger partial charge in [0.2, 0.25) is 0 Å². The van der Waals surface area contributed by atoms with E-state index in [1.165, 1.54) is 0 Å². The molecule has 0 radical (unpaired) electrons. The standard InChI is InChI=1S/C12H17NO2/c1-9-6-10(8-13-7-9)12(14)11-4-2-3-5-15-11/h6-8,11-12,14H,2-5H2,1H3. The number of aryl methyl sites for hydroxylation is 1. The van der Waals surface area contributed by atoms with Crippen molar-refractivity contribution in [3.05, 3.63) is 29.6 Å². The minimum absolute atomic E-state index is 0.0534. The minimum atomic E-state index is -0.530. The molecule has 1 aliphatic heterocycles. The van der Waals surface area contributed by atoms with E-state index in [0.29, 0.717) is 0 Å². The number of hydrogen-bond donors (Lipinski definition) is 1. The predicted octanol–water partition coefficient (Wildman–Crippen LogP) is 1.99. The van der Waals surface area contributed by atoms with E-state index in [2.05, 4.69) is 4.98 Å². The van der Waals surface area contributed by atoms with Crippen molar-refractivity contribution in [3.8, 4) is 0 Å². The van der Waals surface area contributed by atoms with E-state index in [1.54, 1.807) is 12.4 Å². The van der Waals surface area contributed by atoms with Crippen LogP contribution in [0.1, 0.15) is 36.5 Å². The third-order valence-corrected chi connectivity index (χ3v) is 2.80. The van der Waals surface area contributed by atoms with Crippen molar-refractivity contribution < 1.29 is 9.84 Å². The molecule has 15 heavy (non-hydrogen) atoms. The van der Waals surface area contributed by atoms with Crippen molar-refractivity contribution in [1.29, 1.82) is 0 Å². The number of ether oxygens (including phenoxy) is 1. The van der Waals surface area contributed by atoms with Crippen molar-refractivity contribution in [1.82, 2.24) is 4.98 Å². The normalized spacial score (nSPS) is 23.7. The molecule has 1 saturated heterocycles. The molecule has 0 aromatic carbocycles. The Morgan fingerprint density at radius 2 is 2.33 bits per heavy atom. The maximum atomic E-state index is 10.1. The van der Waals surface area contributed by atoms with E-state index >= 15 is 0 Å². The highest BCUT2D eigenvalue weighted by atomic mass is 16.5. The second-order valence-corrected chi connectivity index (χ2v) is 4.15. The molecular formula is C12H17NO2. The zero-order chi connectivity index (χ0) is 10.7. The minimum Gasteiger partial charge on any atom is -0.386 e. The van der Waals surface area contributed by atoms with Gasteiger partial charge in [-0.05, 0) is 31.7 Å². The third kappa shape index (κ3) is 2.55. The van der Waals surface area contributed by atoms with Gasteiger partial charge in [0, 0.05) is 24.6 Å². The van der Waals surface area contributed by atoms with Crippen LogP contribution in [-0.4, -0.2) is 22.8 Å². The highest BCUT2D eigenvalue weighted by Crippen LogP contribution is 2.26. The average Bonchev–Trinajstić information content (AvgIpc) is 2.29. The molecule has 0 bridgehead atoms. The third-order valence-electron chi connectivity index (χ3n) is 2.80. The van der Waals surface area contributed by atoms with Gasteiger partial charge in [-0.1, -0.05) is 6.07 Å². The summed E-state index contributed by atoms with van der Waals surface area (Å²) in [6, 6.07) is 1.97. The summed E-state index contributed by atoms with van der Waals surface area (Å²) in [5.74, 6) is 0. The van der Waals surface area contributed by atoms with Gasteiger partial charge in [0.1, 0.15) is 6.10 Å². The first-order chi connectivity index (χ1) is 7.27. The Hall–Kier alpha value is -0.930. The summed E-state index contributed by atoms with van der Waals surface area (Å²) in [5.41, 5.74) is 1.93. The first-order valence-electron chi connectivity index (χ1n) is 5.48. The highest BCUT2D eigenvalue weighted by Gasteiger charge is 2.23. The Balaban J connectivity index is 2.08. The lowest BCUT2D eigenvalue weighted by atomic mass is 9.99. The number of nitrogens with zero attached hydrogens (tertiary/aromatic N) is 1. The van der Waals surface area contributed by atoms with Gasteiger partial charge >= 0.3 is 0 Å². The quantitative estimate of drug-likeness (QED) is 0.806. The van der Waals surface area contributed by atoms with Crippen LogP contribution in [0.2, 0.25) is 0 Å². The number of aliphatic hydroxyl groups excluding tert-OH is 1. The van der Waals surface area contributed by atoms with E-state index < -0.39 is 6.10 Å². The summed E-state index contributed by atoms with van der Waals surface area (Å²) in [5, 5.41) is 10.1. The summed E-state index contributed by atoms with van der Waals surface area (Å²) in [7, 11) is 0. The fourth-order valence-corrected chi connectivity index (χ4v) is 1.97. The molecule has 0 saturated carbocycles. The molecule has 1 aliphatic rings. The van der Waals surface area contributed by atoms with E-state index in [4.69, 9.17) is 4.74 Å². The first-order valence-corrected chi connectivity index (χ1v) is 5.48. The fraction of sp³-hybridized carbons (Fsp3) is 0.583. The Kier molecular flexibility index (Phi) is 3.34. The SMILES string of the molecule is Cc1cncc(C(O)C2CCCCO2)c1. The molecular weight excluding hydrogens is 190 g/mol. The molecule has 0 aliphatic carbocycles. The van der Waals surface area contributed by atoms with Gasteiger partial charge in [0.05, 0.1) is 6.10 Å². The Morgan fingerprint density at radius 1 is 1.47 bits per heavy atom. The van der Waals surface area contributed by atoms with Crippen LogP contribution in [0.5, 0.6) is 0 Å². The lowest BCUT2D eigenvalue weighted by Crippen LogP contribution is -2.26. The average molecular weight is 207 g/mol. The van der Waals surface area contributed by atoms with Gasteiger partial charge in [-0.15, -0.1) is 0 Å². The molecule has 2 unspecified atom stereocenters. The molecule has 2 atom stereocenters. The first kappa shape index (κ1) is 10.6. The number of aliphatic hydroxyl groups is 1. The molecule has 82 valence electrons. The Morgan fingerprint density at radius 3 is 3.00 bits per heavy atom. The van der Waals surface area contributed by atoms with Gasteiger partial charge < -0.3 is 9.84 Å². The molecule has 3 nitrogen and oxygen atoms in total. The number of pyridine rings is 1. The van der Waals surface area contributed by atoms with Gasteiger partial charge in [0.25, 0.3) is 0 Å². The Labute approximate surface area is 90.1 Å². The van der Waals surface area contributed by atoms with Crippen molar-refractivity contribution in [2.24, 2.45) is 0 Å². The molecule has 1 fully saturated rings. The van der Waals surface area contributed by atoms with Crippen LogP contribution in [0.4, 0.5) is 0 Å². The second kappa shape index (κ2) is 4.73. The van der Waals surface area contributed by atoms with Crippen molar-refractivity contribution in [3.63, 3.8) is 0 Å². The smallest absolute Gasteiger partial charge is 0.107 e. The second-order valence-electron chi connectivity index (χ2n) is 4.15. The summed E-state index contributed by atoms with van der Waals surface area (Å²) >= 11 is 0. The van der Waals surface area contributed by atoms with Gasteiger partial charge in [-0.2, -0.15) is 0 Å². The van der Waals surface area contributed by atoms with Crippen LogP contribution in [0.25, 0.3) is 0 Å². The number of rotatable bonds is 2. The molecule has 2 rings (SSSR count). The Bertz CT molecular complexity index is 321. The van der Waals surface area contributed by atoms with Gasteiger partial charge in [-0.25, -0.2) is 0 Å². The largest absolute Gasteiger partial charge is 0.386 e.